The zero-order chi connectivity index (χ0) is 27.1. The van der Waals surface area contributed by atoms with E-state index >= 15 is 0 Å². The maximum absolute atomic E-state index is 11.7. The van der Waals surface area contributed by atoms with Crippen molar-refractivity contribution >= 4 is 17.7 Å². The zero-order valence-electron chi connectivity index (χ0n) is 21.6. The molecule has 202 valence electrons. The van der Waals surface area contributed by atoms with Crippen LogP contribution in [0.25, 0.3) is 17.1 Å². The summed E-state index contributed by atoms with van der Waals surface area (Å²) in [6.07, 6.45) is 4.38. The summed E-state index contributed by atoms with van der Waals surface area (Å²) in [5.74, 6) is 5.67. The van der Waals surface area contributed by atoms with E-state index in [0.717, 1.165) is 17.0 Å². The van der Waals surface area contributed by atoms with Gasteiger partial charge >= 0.3 is 6.09 Å². The van der Waals surface area contributed by atoms with Gasteiger partial charge in [0.15, 0.2) is 0 Å². The number of hydrogen-bond donors (Lipinski definition) is 4. The van der Waals surface area contributed by atoms with E-state index < -0.39 is 11.7 Å². The van der Waals surface area contributed by atoms with Gasteiger partial charge in [0.05, 0.1) is 56.6 Å². The van der Waals surface area contributed by atoms with E-state index in [1.807, 2.05) is 24.3 Å². The lowest BCUT2D eigenvalue weighted by molar-refractivity contribution is -0.120. The second kappa shape index (κ2) is 15.4. The molecule has 0 aliphatic heterocycles. The van der Waals surface area contributed by atoms with Crippen molar-refractivity contribution in [2.24, 2.45) is 11.6 Å². The zero-order valence-corrected chi connectivity index (χ0v) is 21.6. The Morgan fingerprint density at radius 1 is 1.00 bits per heavy atom. The molecule has 0 radical (unpaired) electrons. The maximum Gasteiger partial charge on any atom is 0.408 e. The third kappa shape index (κ3) is 12.7. The van der Waals surface area contributed by atoms with Crippen molar-refractivity contribution in [2.75, 3.05) is 46.1 Å². The molecule has 2 heterocycles. The Bertz CT molecular complexity index is 1010. The van der Waals surface area contributed by atoms with E-state index in [2.05, 4.69) is 20.6 Å². The first-order valence-electron chi connectivity index (χ1n) is 11.9. The molecule has 0 saturated heterocycles. The molecule has 0 spiro atoms. The fraction of sp³-hybridized carbons (Fsp3) is 0.440. The average molecular weight is 516 g/mol. The van der Waals surface area contributed by atoms with E-state index in [9.17, 15) is 9.59 Å². The van der Waals surface area contributed by atoms with Crippen LogP contribution in [-0.4, -0.2) is 78.6 Å². The van der Waals surface area contributed by atoms with Crippen LogP contribution in [0.2, 0.25) is 0 Å². The lowest BCUT2D eigenvalue weighted by Gasteiger charge is -2.19. The minimum Gasteiger partial charge on any atom is -0.444 e. The Balaban J connectivity index is 1.55. The number of nitrogens with two attached hydrogens (primary N) is 2. The van der Waals surface area contributed by atoms with Gasteiger partial charge in [-0.05, 0) is 45.0 Å². The lowest BCUT2D eigenvalue weighted by atomic mass is 10.1. The highest BCUT2D eigenvalue weighted by Gasteiger charge is 2.16. The summed E-state index contributed by atoms with van der Waals surface area (Å²) in [6.45, 7) is 7.25. The summed E-state index contributed by atoms with van der Waals surface area (Å²) in [4.78, 5) is 31.9. The van der Waals surface area contributed by atoms with Crippen LogP contribution in [0.4, 0.5) is 4.79 Å². The smallest absolute Gasteiger partial charge is 0.408 e. The van der Waals surface area contributed by atoms with Gasteiger partial charge < -0.3 is 35.6 Å². The Labute approximate surface area is 217 Å². The van der Waals surface area contributed by atoms with Crippen LogP contribution in [0.1, 0.15) is 26.3 Å². The van der Waals surface area contributed by atoms with Crippen LogP contribution >= 0.6 is 0 Å². The van der Waals surface area contributed by atoms with Crippen LogP contribution in [-0.2, 0) is 19.0 Å². The first-order chi connectivity index (χ1) is 17.6. The first-order valence-corrected chi connectivity index (χ1v) is 11.9. The maximum atomic E-state index is 11.7. The SMILES string of the molecule is CC(C)(C)OC(=O)NCC(=O)NCCOCCOCCN(N)/C=C(\N)c1ccnc(-c2ccccn2)c1. The van der Waals surface area contributed by atoms with Crippen molar-refractivity contribution in [1.29, 1.82) is 0 Å². The van der Waals surface area contributed by atoms with E-state index in [-0.39, 0.29) is 12.5 Å². The van der Waals surface area contributed by atoms with Crippen molar-refractivity contribution in [1.82, 2.24) is 25.6 Å². The number of carbonyl (C=O) groups is 2. The third-order valence-corrected chi connectivity index (χ3v) is 4.55. The summed E-state index contributed by atoms with van der Waals surface area (Å²) < 4.78 is 16.0. The number of ether oxygens (including phenoxy) is 3. The van der Waals surface area contributed by atoms with E-state index in [1.165, 1.54) is 5.01 Å². The number of alkyl carbamates (subject to hydrolysis) is 1. The van der Waals surface area contributed by atoms with Crippen LogP contribution in [0, 0.1) is 0 Å². The molecule has 0 atom stereocenters. The highest BCUT2D eigenvalue weighted by Crippen LogP contribution is 2.17. The molecule has 0 bridgehead atoms. The van der Waals surface area contributed by atoms with Crippen LogP contribution < -0.4 is 22.2 Å². The van der Waals surface area contributed by atoms with Gasteiger partial charge in [-0.1, -0.05) is 6.07 Å². The topological polar surface area (TPSA) is 167 Å². The molecule has 0 unspecified atom stereocenters. The van der Waals surface area contributed by atoms with Gasteiger partial charge in [0.2, 0.25) is 5.91 Å². The molecule has 37 heavy (non-hydrogen) atoms. The minimum absolute atomic E-state index is 0.168. The van der Waals surface area contributed by atoms with Gasteiger partial charge in [0.25, 0.3) is 0 Å². The number of hydrogen-bond acceptors (Lipinski definition) is 10. The molecule has 0 aliphatic carbocycles. The number of rotatable bonds is 14. The molecular weight excluding hydrogens is 478 g/mol. The van der Waals surface area contributed by atoms with Crippen LogP contribution in [0.3, 0.4) is 0 Å². The van der Waals surface area contributed by atoms with Crippen molar-refractivity contribution < 1.29 is 23.8 Å². The second-order valence-corrected chi connectivity index (χ2v) is 8.90. The summed E-state index contributed by atoms with van der Waals surface area (Å²) in [5.41, 5.74) is 8.34. The molecule has 0 saturated carbocycles. The quantitative estimate of drug-likeness (QED) is 0.163. The van der Waals surface area contributed by atoms with E-state index in [0.29, 0.717) is 45.2 Å². The molecule has 0 fully saturated rings. The predicted molar refractivity (Wildman–Crippen MR) is 139 cm³/mol. The number of amides is 2. The number of hydrazine groups is 1. The van der Waals surface area contributed by atoms with Crippen molar-refractivity contribution in [3.05, 3.63) is 54.5 Å². The molecule has 12 heteroatoms. The summed E-state index contributed by atoms with van der Waals surface area (Å²) in [6, 6.07) is 9.29. The number of carbonyl (C=O) groups excluding carboxylic acids is 2. The largest absolute Gasteiger partial charge is 0.444 e. The van der Waals surface area contributed by atoms with Gasteiger partial charge in [0.1, 0.15) is 5.60 Å². The fourth-order valence-corrected chi connectivity index (χ4v) is 2.87. The highest BCUT2D eigenvalue weighted by atomic mass is 16.6. The van der Waals surface area contributed by atoms with E-state index in [4.69, 9.17) is 25.8 Å². The van der Waals surface area contributed by atoms with Gasteiger partial charge in [-0.15, -0.1) is 0 Å². The number of aromatic nitrogens is 2. The normalized spacial score (nSPS) is 11.6. The summed E-state index contributed by atoms with van der Waals surface area (Å²) >= 11 is 0. The average Bonchev–Trinajstić information content (AvgIpc) is 2.86. The summed E-state index contributed by atoms with van der Waals surface area (Å²) in [7, 11) is 0. The molecule has 12 nitrogen and oxygen atoms in total. The molecule has 2 aromatic rings. The van der Waals surface area contributed by atoms with Gasteiger partial charge in [0, 0.05) is 30.7 Å². The van der Waals surface area contributed by atoms with Crippen LogP contribution in [0.5, 0.6) is 0 Å². The van der Waals surface area contributed by atoms with Crippen molar-refractivity contribution in [3.63, 3.8) is 0 Å². The first kappa shape index (κ1) is 29.5. The number of nitrogens with zero attached hydrogens (tertiary/aromatic N) is 3. The molecule has 2 rings (SSSR count). The molecule has 2 amide bonds. The molecule has 6 N–H and O–H groups in total. The van der Waals surface area contributed by atoms with Gasteiger partial charge in [-0.25, -0.2) is 10.6 Å². The van der Waals surface area contributed by atoms with Gasteiger partial charge in [-0.2, -0.15) is 0 Å². The molecule has 2 aromatic heterocycles. The standard InChI is InChI=1S/C25H37N7O5/c1-25(2,3)37-24(34)31-17-23(33)30-10-12-35-14-15-36-13-11-32(27)18-20(26)19-7-9-29-22(16-19)21-6-4-5-8-28-21/h4-9,16,18H,10-15,17,26-27H2,1-3H3,(H,30,33)(H,31,34)/b20-18-. The summed E-state index contributed by atoms with van der Waals surface area (Å²) in [5, 5.41) is 6.48. The van der Waals surface area contributed by atoms with Crippen molar-refractivity contribution in [2.45, 2.75) is 26.4 Å². The van der Waals surface area contributed by atoms with Crippen LogP contribution in [0.15, 0.2) is 48.9 Å². The van der Waals surface area contributed by atoms with Crippen molar-refractivity contribution in [3.8, 4) is 11.4 Å². The Kier molecular flexibility index (Phi) is 12.3. The third-order valence-electron chi connectivity index (χ3n) is 4.55. The highest BCUT2D eigenvalue weighted by molar-refractivity contribution is 5.82. The molecular formula is C25H37N7O5. The van der Waals surface area contributed by atoms with E-state index in [1.54, 1.807) is 45.4 Å². The Morgan fingerprint density at radius 3 is 2.43 bits per heavy atom. The Hall–Kier alpha value is -3.74. The molecule has 0 aromatic carbocycles. The van der Waals surface area contributed by atoms with Gasteiger partial charge in [-0.3, -0.25) is 14.8 Å². The second-order valence-electron chi connectivity index (χ2n) is 8.90. The number of nitrogens with one attached hydrogen (secondary N) is 2. The predicted octanol–water partition coefficient (Wildman–Crippen LogP) is 1.25. The minimum atomic E-state index is -0.641. The lowest BCUT2D eigenvalue weighted by Crippen LogP contribution is -2.40. The Morgan fingerprint density at radius 2 is 1.73 bits per heavy atom. The fourth-order valence-electron chi connectivity index (χ4n) is 2.87. The monoisotopic (exact) mass is 515 g/mol. The number of pyridine rings is 2. The molecule has 0 aliphatic rings.